The van der Waals surface area contributed by atoms with Crippen LogP contribution in [0.1, 0.15) is 0 Å². The minimum Gasteiger partial charge on any atom is -0.441 e. The number of ether oxygens (including phenoxy) is 1. The molecule has 5 heteroatoms. The molecule has 42 valence electrons. The van der Waals surface area contributed by atoms with Gasteiger partial charge in [-0.1, -0.05) is 0 Å². The standard InChI is InChI=1S/C3H2NO3P/c5-3-4-2(8-6)1-7-3/h1H2. The maximum absolute atomic E-state index is 10.1. The first-order valence-electron chi connectivity index (χ1n) is 1.90. The van der Waals surface area contributed by atoms with E-state index in [4.69, 9.17) is 0 Å². The molecule has 0 radical (unpaired) electrons. The molecule has 1 rings (SSSR count). The Hall–Kier alpha value is -0.760. The highest BCUT2D eigenvalue weighted by atomic mass is 31.1. The molecule has 0 N–H and O–H groups in total. The lowest BCUT2D eigenvalue weighted by Gasteiger charge is -1.80. The van der Waals surface area contributed by atoms with E-state index in [0.29, 0.717) is 0 Å². The summed E-state index contributed by atoms with van der Waals surface area (Å²) in [5.41, 5.74) is 0.259. The number of carbonyl (C=O) groups excluding carboxylic acids is 1. The predicted octanol–water partition coefficient (Wildman–Crippen LogP) is 0.827. The molecular formula is C3H2NO3P. The highest BCUT2D eigenvalue weighted by molar-refractivity contribution is 7.47. The van der Waals surface area contributed by atoms with Crippen LogP contribution in [-0.4, -0.2) is 18.2 Å². The molecule has 0 aromatic heterocycles. The van der Waals surface area contributed by atoms with Gasteiger partial charge in [-0.25, -0.2) is 4.79 Å². The Morgan fingerprint density at radius 3 is 2.75 bits per heavy atom. The van der Waals surface area contributed by atoms with E-state index in [1.165, 1.54) is 0 Å². The highest BCUT2D eigenvalue weighted by Gasteiger charge is 2.13. The fraction of sp³-hybridized carbons (Fsp3) is 0.333. The van der Waals surface area contributed by atoms with E-state index in [1.807, 2.05) is 0 Å². The van der Waals surface area contributed by atoms with Gasteiger partial charge in [-0.3, -0.25) is 4.57 Å². The monoisotopic (exact) mass is 131 g/mol. The summed E-state index contributed by atoms with van der Waals surface area (Å²) in [6, 6.07) is 0. The third-order valence-corrected chi connectivity index (χ3v) is 1.09. The van der Waals surface area contributed by atoms with Gasteiger partial charge in [-0.05, 0) is 0 Å². The van der Waals surface area contributed by atoms with Crippen LogP contribution in [0.2, 0.25) is 0 Å². The van der Waals surface area contributed by atoms with Gasteiger partial charge in [0, 0.05) is 0 Å². The highest BCUT2D eigenvalue weighted by Crippen LogP contribution is 2.06. The van der Waals surface area contributed by atoms with E-state index in [2.05, 4.69) is 9.73 Å². The van der Waals surface area contributed by atoms with E-state index in [1.54, 1.807) is 0 Å². The summed E-state index contributed by atoms with van der Waals surface area (Å²) < 4.78 is 14.2. The van der Waals surface area contributed by atoms with Crippen LogP contribution in [0.15, 0.2) is 4.99 Å². The van der Waals surface area contributed by atoms with E-state index in [0.717, 1.165) is 0 Å². The van der Waals surface area contributed by atoms with Gasteiger partial charge in [-0.2, -0.15) is 4.99 Å². The van der Waals surface area contributed by atoms with Gasteiger partial charge in [0.05, 0.1) is 0 Å². The number of aliphatic imine (C=N–C) groups is 1. The zero-order valence-electron chi connectivity index (χ0n) is 3.83. The van der Waals surface area contributed by atoms with Gasteiger partial charge in [0.2, 0.25) is 8.46 Å². The predicted molar refractivity (Wildman–Crippen MR) is 26.4 cm³/mol. The molecule has 1 amide bonds. The van der Waals surface area contributed by atoms with Gasteiger partial charge >= 0.3 is 6.09 Å². The molecule has 8 heavy (non-hydrogen) atoms. The van der Waals surface area contributed by atoms with Crippen LogP contribution in [0.25, 0.3) is 0 Å². The molecule has 1 aliphatic heterocycles. The summed E-state index contributed by atoms with van der Waals surface area (Å²) in [5.74, 6) is 0. The number of carbonyl (C=O) groups is 1. The smallest absolute Gasteiger partial charge is 0.434 e. The second-order valence-electron chi connectivity index (χ2n) is 1.17. The molecule has 0 saturated carbocycles. The van der Waals surface area contributed by atoms with Crippen LogP contribution in [0, 0.1) is 0 Å². The average molecular weight is 131 g/mol. The molecule has 0 spiro atoms. The molecule has 4 nitrogen and oxygen atoms in total. The van der Waals surface area contributed by atoms with Gasteiger partial charge in [0.1, 0.15) is 6.61 Å². The lowest BCUT2D eigenvalue weighted by Crippen LogP contribution is -1.91. The van der Waals surface area contributed by atoms with Crippen molar-refractivity contribution in [1.29, 1.82) is 0 Å². The van der Waals surface area contributed by atoms with Gasteiger partial charge < -0.3 is 4.74 Å². The van der Waals surface area contributed by atoms with Crippen LogP contribution >= 0.6 is 8.46 Å². The molecule has 0 bridgehead atoms. The van der Waals surface area contributed by atoms with Gasteiger partial charge in [0.15, 0.2) is 5.45 Å². The van der Waals surface area contributed by atoms with E-state index in [-0.39, 0.29) is 20.5 Å². The second kappa shape index (κ2) is 2.01. The quantitative estimate of drug-likeness (QED) is 0.495. The largest absolute Gasteiger partial charge is 0.441 e. The van der Waals surface area contributed by atoms with Gasteiger partial charge in [-0.15, -0.1) is 0 Å². The van der Waals surface area contributed by atoms with E-state index >= 15 is 0 Å². The van der Waals surface area contributed by atoms with Crippen molar-refractivity contribution in [3.63, 3.8) is 0 Å². The number of cyclic esters (lactones) is 1. The molecule has 1 aliphatic rings. The molecular weight excluding hydrogens is 129 g/mol. The number of amides is 1. The number of hydrogen-bond acceptors (Lipinski definition) is 3. The van der Waals surface area contributed by atoms with Crippen molar-refractivity contribution in [3.8, 4) is 0 Å². The molecule has 0 atom stereocenters. The van der Waals surface area contributed by atoms with Gasteiger partial charge in [0.25, 0.3) is 0 Å². The maximum atomic E-state index is 10.1. The van der Waals surface area contributed by atoms with Crippen molar-refractivity contribution >= 4 is 20.0 Å². The number of hydrogen-bond donors (Lipinski definition) is 0. The summed E-state index contributed by atoms with van der Waals surface area (Å²) in [5, 5.41) is 0. The fourth-order valence-corrected chi connectivity index (χ4v) is 0.583. The topological polar surface area (TPSA) is 55.7 Å². The third-order valence-electron chi connectivity index (χ3n) is 0.650. The normalized spacial score (nSPS) is 18.5. The Morgan fingerprint density at radius 1 is 1.75 bits per heavy atom. The summed E-state index contributed by atoms with van der Waals surface area (Å²) in [7, 11) is -0.229. The van der Waals surface area contributed by atoms with Crippen molar-refractivity contribution in [1.82, 2.24) is 0 Å². The Morgan fingerprint density at radius 2 is 2.50 bits per heavy atom. The van der Waals surface area contributed by atoms with Crippen LogP contribution < -0.4 is 0 Å². The van der Waals surface area contributed by atoms with E-state index in [9.17, 15) is 9.36 Å². The first-order chi connectivity index (χ1) is 3.83. The molecule has 0 saturated heterocycles. The molecule has 0 aliphatic carbocycles. The van der Waals surface area contributed by atoms with Crippen LogP contribution in [-0.2, 0) is 9.30 Å². The first kappa shape index (κ1) is 5.38. The van der Waals surface area contributed by atoms with Crippen molar-refractivity contribution in [2.24, 2.45) is 4.99 Å². The average Bonchev–Trinajstić information content (AvgIpc) is 2.14. The summed E-state index contributed by atoms with van der Waals surface area (Å²) in [6.07, 6.45) is -0.650. The fourth-order valence-electron chi connectivity index (χ4n) is 0.343. The second-order valence-corrected chi connectivity index (χ2v) is 1.87. The van der Waals surface area contributed by atoms with Crippen LogP contribution in [0.5, 0.6) is 0 Å². The molecule has 0 aromatic carbocycles. The minimum absolute atomic E-state index is 0.0733. The number of nitrogens with zero attached hydrogens (tertiary/aromatic N) is 1. The zero-order valence-corrected chi connectivity index (χ0v) is 4.72. The molecule has 0 unspecified atom stereocenters. The first-order valence-corrected chi connectivity index (χ1v) is 2.72. The summed E-state index contributed by atoms with van der Waals surface area (Å²) in [6.45, 7) is 0.0733. The van der Waals surface area contributed by atoms with Crippen LogP contribution in [0.3, 0.4) is 0 Å². The number of rotatable bonds is 1. The van der Waals surface area contributed by atoms with Crippen molar-refractivity contribution in [2.75, 3.05) is 6.61 Å². The zero-order chi connectivity index (χ0) is 5.98. The Kier molecular flexibility index (Phi) is 1.35. The summed E-state index contributed by atoms with van der Waals surface area (Å²) in [4.78, 5) is 13.3. The molecule has 0 aromatic rings. The summed E-state index contributed by atoms with van der Waals surface area (Å²) >= 11 is 0. The van der Waals surface area contributed by atoms with Crippen LogP contribution in [0.4, 0.5) is 4.79 Å². The third kappa shape index (κ3) is 0.898. The Bertz CT molecular complexity index is 164. The van der Waals surface area contributed by atoms with Crippen molar-refractivity contribution < 1.29 is 14.1 Å². The lowest BCUT2D eigenvalue weighted by atomic mass is 10.8. The molecule has 0 fully saturated rings. The minimum atomic E-state index is -0.650. The molecule has 1 heterocycles. The van der Waals surface area contributed by atoms with Crippen molar-refractivity contribution in [2.45, 2.75) is 0 Å². The van der Waals surface area contributed by atoms with E-state index < -0.39 is 6.09 Å². The SMILES string of the molecule is O=PC1=NC(=O)OC1. The Balaban J connectivity index is 2.70. The lowest BCUT2D eigenvalue weighted by molar-refractivity contribution is 0.181. The van der Waals surface area contributed by atoms with Crippen molar-refractivity contribution in [3.05, 3.63) is 0 Å². The Labute approximate surface area is 46.8 Å². The maximum Gasteiger partial charge on any atom is 0.434 e.